The fourth-order valence-corrected chi connectivity index (χ4v) is 4.72. The standard InChI is InChI=1S/C30H23N9/c1-18-16-39(17-34-18)30-24-12-27(36-25(24)8-9-32-30)29-23-11-26(33-15-28(23)37-38-29)21-10-22(14-31-13-21)35-19(2)20-6-4-3-5-7-20/h3-17,35-36H,2H2,1H3,(H,37,38). The van der Waals surface area contributed by atoms with Crippen LogP contribution in [0.1, 0.15) is 11.3 Å². The molecule has 7 rings (SSSR count). The lowest BCUT2D eigenvalue weighted by atomic mass is 10.1. The van der Waals surface area contributed by atoms with E-state index in [-0.39, 0.29) is 0 Å². The number of fused-ring (bicyclic) bond motifs is 2. The van der Waals surface area contributed by atoms with E-state index in [2.05, 4.69) is 53.1 Å². The molecule has 0 aliphatic rings. The number of nitrogens with one attached hydrogen (secondary N) is 3. The second-order valence-corrected chi connectivity index (χ2v) is 9.32. The summed E-state index contributed by atoms with van der Waals surface area (Å²) in [6, 6.07) is 18.1. The lowest BCUT2D eigenvalue weighted by molar-refractivity contribution is 1.01. The Hall–Kier alpha value is -5.57. The van der Waals surface area contributed by atoms with Crippen LogP contribution in [0.3, 0.4) is 0 Å². The van der Waals surface area contributed by atoms with Gasteiger partial charge in [-0.05, 0) is 36.8 Å². The molecule has 39 heavy (non-hydrogen) atoms. The maximum absolute atomic E-state index is 4.67. The molecule has 0 unspecified atom stereocenters. The van der Waals surface area contributed by atoms with Gasteiger partial charge in [-0.1, -0.05) is 36.9 Å². The van der Waals surface area contributed by atoms with E-state index >= 15 is 0 Å². The summed E-state index contributed by atoms with van der Waals surface area (Å²) in [6.45, 7) is 6.13. The van der Waals surface area contributed by atoms with E-state index in [1.807, 2.05) is 66.2 Å². The van der Waals surface area contributed by atoms with Crippen molar-refractivity contribution in [2.75, 3.05) is 5.32 Å². The average molecular weight is 510 g/mol. The molecule has 6 heterocycles. The molecular formula is C30H23N9. The molecule has 0 saturated carbocycles. The molecule has 1 aromatic carbocycles. The predicted molar refractivity (Wildman–Crippen MR) is 153 cm³/mol. The molecule has 188 valence electrons. The van der Waals surface area contributed by atoms with E-state index in [9.17, 15) is 0 Å². The first-order valence-corrected chi connectivity index (χ1v) is 12.4. The first-order chi connectivity index (χ1) is 19.1. The number of benzene rings is 1. The molecule has 0 fully saturated rings. The van der Waals surface area contributed by atoms with Gasteiger partial charge in [0.05, 0.1) is 46.2 Å². The molecule has 7 aromatic rings. The molecular weight excluding hydrogens is 486 g/mol. The Bertz CT molecular complexity index is 1980. The Labute approximate surface area is 223 Å². The summed E-state index contributed by atoms with van der Waals surface area (Å²) in [4.78, 5) is 21.6. The Morgan fingerprint density at radius 1 is 0.923 bits per heavy atom. The van der Waals surface area contributed by atoms with E-state index in [0.29, 0.717) is 0 Å². The normalized spacial score (nSPS) is 11.3. The zero-order valence-corrected chi connectivity index (χ0v) is 21.1. The first-order valence-electron chi connectivity index (χ1n) is 12.4. The number of rotatable bonds is 6. The number of anilines is 1. The summed E-state index contributed by atoms with van der Waals surface area (Å²) >= 11 is 0. The van der Waals surface area contributed by atoms with Gasteiger partial charge in [0.2, 0.25) is 0 Å². The maximum Gasteiger partial charge on any atom is 0.147 e. The molecule has 0 aliphatic heterocycles. The molecule has 0 spiro atoms. The summed E-state index contributed by atoms with van der Waals surface area (Å²) in [5.74, 6) is 0.810. The van der Waals surface area contributed by atoms with E-state index in [4.69, 9.17) is 0 Å². The lowest BCUT2D eigenvalue weighted by Gasteiger charge is -2.10. The van der Waals surface area contributed by atoms with Gasteiger partial charge in [-0.2, -0.15) is 5.10 Å². The number of imidazole rings is 1. The summed E-state index contributed by atoms with van der Waals surface area (Å²) in [5.41, 5.74) is 8.75. The Morgan fingerprint density at radius 3 is 2.67 bits per heavy atom. The highest BCUT2D eigenvalue weighted by atomic mass is 15.1. The molecule has 0 saturated heterocycles. The number of pyridine rings is 3. The van der Waals surface area contributed by atoms with Crippen molar-refractivity contribution < 1.29 is 0 Å². The highest BCUT2D eigenvalue weighted by molar-refractivity contribution is 5.98. The summed E-state index contributed by atoms with van der Waals surface area (Å²) < 4.78 is 1.93. The third kappa shape index (κ3) is 4.11. The van der Waals surface area contributed by atoms with Gasteiger partial charge in [-0.25, -0.2) is 9.97 Å². The molecule has 0 bridgehead atoms. The monoisotopic (exact) mass is 509 g/mol. The molecule has 9 nitrogen and oxygen atoms in total. The minimum Gasteiger partial charge on any atom is -0.354 e. The number of hydrogen-bond acceptors (Lipinski definition) is 6. The highest BCUT2D eigenvalue weighted by Crippen LogP contribution is 2.32. The van der Waals surface area contributed by atoms with Crippen LogP contribution in [0, 0.1) is 6.92 Å². The van der Waals surface area contributed by atoms with Crippen molar-refractivity contribution in [1.29, 1.82) is 0 Å². The molecule has 0 amide bonds. The van der Waals surface area contributed by atoms with Gasteiger partial charge >= 0.3 is 0 Å². The largest absolute Gasteiger partial charge is 0.354 e. The molecule has 0 aliphatic carbocycles. The number of nitrogens with zero attached hydrogens (tertiary/aromatic N) is 6. The molecule has 0 atom stereocenters. The zero-order chi connectivity index (χ0) is 26.3. The second kappa shape index (κ2) is 9.07. The van der Waals surface area contributed by atoms with Gasteiger partial charge in [-0.3, -0.25) is 19.6 Å². The van der Waals surface area contributed by atoms with E-state index in [1.54, 1.807) is 31.1 Å². The highest BCUT2D eigenvalue weighted by Gasteiger charge is 2.16. The van der Waals surface area contributed by atoms with Gasteiger partial charge in [0, 0.05) is 40.6 Å². The van der Waals surface area contributed by atoms with Crippen LogP contribution in [0.15, 0.2) is 98.5 Å². The van der Waals surface area contributed by atoms with Gasteiger partial charge in [0.25, 0.3) is 0 Å². The third-order valence-electron chi connectivity index (χ3n) is 6.64. The maximum atomic E-state index is 4.67. The fourth-order valence-electron chi connectivity index (χ4n) is 4.72. The van der Waals surface area contributed by atoms with Gasteiger partial charge < -0.3 is 10.3 Å². The van der Waals surface area contributed by atoms with Crippen molar-refractivity contribution in [3.63, 3.8) is 0 Å². The molecule has 9 heteroatoms. The Balaban J connectivity index is 1.25. The van der Waals surface area contributed by atoms with Crippen LogP contribution in [-0.4, -0.2) is 39.7 Å². The quantitative estimate of drug-likeness (QED) is 0.248. The summed E-state index contributed by atoms with van der Waals surface area (Å²) in [7, 11) is 0. The fraction of sp³-hybridized carbons (Fsp3) is 0.0333. The summed E-state index contributed by atoms with van der Waals surface area (Å²) in [5, 5.41) is 13.0. The average Bonchev–Trinajstić information content (AvgIpc) is 3.71. The van der Waals surface area contributed by atoms with Crippen LogP contribution in [-0.2, 0) is 0 Å². The van der Waals surface area contributed by atoms with Gasteiger partial charge in [-0.15, -0.1) is 0 Å². The predicted octanol–water partition coefficient (Wildman–Crippen LogP) is 6.14. The van der Waals surface area contributed by atoms with Crippen LogP contribution >= 0.6 is 0 Å². The minimum absolute atomic E-state index is 0.791. The van der Waals surface area contributed by atoms with E-state index in [0.717, 1.165) is 72.9 Å². The number of aromatic amines is 2. The lowest BCUT2D eigenvalue weighted by Crippen LogP contribution is -1.98. The number of H-pyrrole nitrogens is 2. The van der Waals surface area contributed by atoms with Crippen LogP contribution in [0.5, 0.6) is 0 Å². The van der Waals surface area contributed by atoms with Crippen molar-refractivity contribution >= 4 is 33.2 Å². The van der Waals surface area contributed by atoms with E-state index in [1.165, 1.54) is 0 Å². The second-order valence-electron chi connectivity index (χ2n) is 9.32. The van der Waals surface area contributed by atoms with Crippen molar-refractivity contribution in [3.05, 3.63) is 110 Å². The third-order valence-corrected chi connectivity index (χ3v) is 6.64. The van der Waals surface area contributed by atoms with Crippen molar-refractivity contribution in [2.24, 2.45) is 0 Å². The molecule has 6 aromatic heterocycles. The van der Waals surface area contributed by atoms with Crippen molar-refractivity contribution in [1.82, 2.24) is 39.7 Å². The first kappa shape index (κ1) is 22.6. The summed E-state index contributed by atoms with van der Waals surface area (Å²) in [6.07, 6.45) is 10.9. The van der Waals surface area contributed by atoms with Crippen molar-refractivity contribution in [3.8, 4) is 28.5 Å². The molecule has 0 radical (unpaired) electrons. The van der Waals surface area contributed by atoms with Crippen LogP contribution in [0.25, 0.3) is 56.0 Å². The Morgan fingerprint density at radius 2 is 1.82 bits per heavy atom. The topological polar surface area (TPSA) is 113 Å². The van der Waals surface area contributed by atoms with Crippen LogP contribution in [0.2, 0.25) is 0 Å². The van der Waals surface area contributed by atoms with Crippen LogP contribution < -0.4 is 5.32 Å². The van der Waals surface area contributed by atoms with Gasteiger partial charge in [0.1, 0.15) is 17.8 Å². The van der Waals surface area contributed by atoms with Crippen molar-refractivity contribution in [2.45, 2.75) is 6.92 Å². The smallest absolute Gasteiger partial charge is 0.147 e. The number of aryl methyl sites for hydroxylation is 1. The van der Waals surface area contributed by atoms with Gasteiger partial charge in [0.15, 0.2) is 0 Å². The van der Waals surface area contributed by atoms with Crippen LogP contribution in [0.4, 0.5) is 5.69 Å². The zero-order valence-electron chi connectivity index (χ0n) is 21.1. The van der Waals surface area contributed by atoms with E-state index < -0.39 is 0 Å². The number of hydrogen-bond donors (Lipinski definition) is 3. The minimum atomic E-state index is 0.791. The Kier molecular flexibility index (Phi) is 5.26. The molecule has 3 N–H and O–H groups in total. The SMILES string of the molecule is C=C(Nc1cncc(-c2cc3c(-c4cc5c(-n6cnc(C)c6)nccc5[nH]4)n[nH]c3cn2)c1)c1ccccc1. The number of aromatic nitrogens is 8.